The number of nitrogens with zero attached hydrogens (tertiary/aromatic N) is 1. The van der Waals surface area contributed by atoms with Gasteiger partial charge in [0.05, 0.1) is 5.41 Å². The van der Waals surface area contributed by atoms with Crippen molar-refractivity contribution in [1.29, 1.82) is 0 Å². The minimum absolute atomic E-state index is 0.106. The molecule has 0 bridgehead atoms. The van der Waals surface area contributed by atoms with Crippen molar-refractivity contribution in [2.24, 2.45) is 5.41 Å². The molecular weight excluding hydrogens is 226 g/mol. The molecule has 0 spiro atoms. The third kappa shape index (κ3) is 4.25. The zero-order chi connectivity index (χ0) is 13.8. The van der Waals surface area contributed by atoms with E-state index in [1.807, 2.05) is 13.8 Å². The molecule has 1 saturated heterocycles. The molecular formula is C14H29N3O. The molecule has 1 aliphatic rings. The van der Waals surface area contributed by atoms with Gasteiger partial charge in [-0.15, -0.1) is 0 Å². The second kappa shape index (κ2) is 6.53. The molecule has 0 aromatic carbocycles. The van der Waals surface area contributed by atoms with E-state index in [0.717, 1.165) is 19.6 Å². The molecule has 1 amide bonds. The monoisotopic (exact) mass is 255 g/mol. The van der Waals surface area contributed by atoms with Crippen molar-refractivity contribution < 1.29 is 4.79 Å². The van der Waals surface area contributed by atoms with E-state index in [-0.39, 0.29) is 11.3 Å². The fourth-order valence-electron chi connectivity index (χ4n) is 2.44. The number of carbonyl (C=O) groups is 1. The molecule has 4 nitrogen and oxygen atoms in total. The van der Waals surface area contributed by atoms with Gasteiger partial charge in [-0.25, -0.2) is 0 Å². The number of carbonyl (C=O) groups excluding carboxylic acids is 1. The lowest BCUT2D eigenvalue weighted by molar-refractivity contribution is -0.128. The summed E-state index contributed by atoms with van der Waals surface area (Å²) in [6, 6.07) is 1.21. The Balaban J connectivity index is 2.32. The number of hydrogen-bond donors (Lipinski definition) is 2. The maximum Gasteiger partial charge on any atom is 0.226 e. The molecule has 106 valence electrons. The highest BCUT2D eigenvalue weighted by Crippen LogP contribution is 2.17. The maximum absolute atomic E-state index is 11.7. The van der Waals surface area contributed by atoms with Crippen molar-refractivity contribution in [3.63, 3.8) is 0 Å². The first-order chi connectivity index (χ1) is 8.36. The predicted molar refractivity (Wildman–Crippen MR) is 75.6 cm³/mol. The lowest BCUT2D eigenvalue weighted by Crippen LogP contribution is -2.49. The Kier molecular flexibility index (Phi) is 5.60. The van der Waals surface area contributed by atoms with Crippen LogP contribution in [0.3, 0.4) is 0 Å². The number of likely N-dealkylation sites (tertiary alicyclic amines) is 1. The minimum atomic E-state index is -0.329. The van der Waals surface area contributed by atoms with Gasteiger partial charge in [0.25, 0.3) is 0 Å². The summed E-state index contributed by atoms with van der Waals surface area (Å²) in [5.74, 6) is 0.106. The summed E-state index contributed by atoms with van der Waals surface area (Å²) in [6.07, 6.45) is 2.37. The molecule has 0 saturated carbocycles. The number of hydrogen-bond acceptors (Lipinski definition) is 3. The average Bonchev–Trinajstić information content (AvgIpc) is 2.35. The van der Waals surface area contributed by atoms with Crippen LogP contribution in [0.1, 0.15) is 40.5 Å². The Morgan fingerprint density at radius 3 is 2.33 bits per heavy atom. The fraction of sp³-hybridized carbons (Fsp3) is 0.929. The van der Waals surface area contributed by atoms with Crippen molar-refractivity contribution in [2.75, 3.05) is 26.7 Å². The Morgan fingerprint density at radius 2 is 1.89 bits per heavy atom. The highest BCUT2D eigenvalue weighted by atomic mass is 16.2. The van der Waals surface area contributed by atoms with Gasteiger partial charge < -0.3 is 15.5 Å². The first kappa shape index (κ1) is 15.4. The van der Waals surface area contributed by atoms with Gasteiger partial charge in [0.1, 0.15) is 0 Å². The molecule has 18 heavy (non-hydrogen) atoms. The van der Waals surface area contributed by atoms with Gasteiger partial charge >= 0.3 is 0 Å². The van der Waals surface area contributed by atoms with E-state index in [0.29, 0.717) is 12.1 Å². The van der Waals surface area contributed by atoms with Gasteiger partial charge in [0.15, 0.2) is 0 Å². The van der Waals surface area contributed by atoms with E-state index < -0.39 is 0 Å². The summed E-state index contributed by atoms with van der Waals surface area (Å²) in [5.41, 5.74) is -0.329. The van der Waals surface area contributed by atoms with Crippen molar-refractivity contribution >= 4 is 5.91 Å². The molecule has 1 rings (SSSR count). The number of amides is 1. The van der Waals surface area contributed by atoms with Gasteiger partial charge in [0.2, 0.25) is 5.91 Å². The Hall–Kier alpha value is -0.610. The summed E-state index contributed by atoms with van der Waals surface area (Å²) < 4.78 is 0. The average molecular weight is 255 g/mol. The van der Waals surface area contributed by atoms with Crippen molar-refractivity contribution in [2.45, 2.75) is 52.6 Å². The number of piperidine rings is 1. The first-order valence-corrected chi connectivity index (χ1v) is 7.06. The second-order valence-electron chi connectivity index (χ2n) is 6.25. The fourth-order valence-corrected chi connectivity index (χ4v) is 2.44. The maximum atomic E-state index is 11.7. The standard InChI is InChI=1S/C14H29N3O/c1-11(2)17-8-6-12(7-9-17)16-10-14(3,4)13(18)15-5/h11-12,16H,6-10H2,1-5H3,(H,15,18). The van der Waals surface area contributed by atoms with E-state index in [9.17, 15) is 4.79 Å². The number of rotatable bonds is 5. The van der Waals surface area contributed by atoms with Crippen LogP contribution in [0.15, 0.2) is 0 Å². The zero-order valence-corrected chi connectivity index (χ0v) is 12.5. The summed E-state index contributed by atoms with van der Waals surface area (Å²) in [7, 11) is 1.70. The van der Waals surface area contributed by atoms with Crippen molar-refractivity contribution in [3.05, 3.63) is 0 Å². The third-order valence-electron chi connectivity index (χ3n) is 3.93. The van der Waals surface area contributed by atoms with E-state index >= 15 is 0 Å². The van der Waals surface area contributed by atoms with Gasteiger partial charge in [-0.3, -0.25) is 4.79 Å². The third-order valence-corrected chi connectivity index (χ3v) is 3.93. The first-order valence-electron chi connectivity index (χ1n) is 7.06. The van der Waals surface area contributed by atoms with Crippen LogP contribution in [-0.4, -0.2) is 49.6 Å². The molecule has 0 unspecified atom stereocenters. The second-order valence-corrected chi connectivity index (χ2v) is 6.25. The highest BCUT2D eigenvalue weighted by Gasteiger charge is 2.28. The summed E-state index contributed by atoms with van der Waals surface area (Å²) in [6.45, 7) is 11.6. The number of nitrogens with one attached hydrogen (secondary N) is 2. The molecule has 0 aromatic heterocycles. The van der Waals surface area contributed by atoms with Crippen molar-refractivity contribution in [3.8, 4) is 0 Å². The SMILES string of the molecule is CNC(=O)C(C)(C)CNC1CCN(C(C)C)CC1. The lowest BCUT2D eigenvalue weighted by atomic mass is 9.91. The van der Waals surface area contributed by atoms with Crippen LogP contribution in [0.25, 0.3) is 0 Å². The molecule has 0 radical (unpaired) electrons. The van der Waals surface area contributed by atoms with Gasteiger partial charge in [-0.2, -0.15) is 0 Å². The van der Waals surface area contributed by atoms with E-state index in [4.69, 9.17) is 0 Å². The quantitative estimate of drug-likeness (QED) is 0.776. The summed E-state index contributed by atoms with van der Waals surface area (Å²) >= 11 is 0. The van der Waals surface area contributed by atoms with Gasteiger partial charge in [0, 0.05) is 25.7 Å². The molecule has 1 aliphatic heterocycles. The van der Waals surface area contributed by atoms with Gasteiger partial charge in [-0.1, -0.05) is 0 Å². The van der Waals surface area contributed by atoms with Crippen LogP contribution in [0, 0.1) is 5.41 Å². The lowest BCUT2D eigenvalue weighted by Gasteiger charge is -2.36. The van der Waals surface area contributed by atoms with E-state index in [1.165, 1.54) is 12.8 Å². The molecule has 2 N–H and O–H groups in total. The predicted octanol–water partition coefficient (Wildman–Crippen LogP) is 1.22. The highest BCUT2D eigenvalue weighted by molar-refractivity contribution is 5.81. The summed E-state index contributed by atoms with van der Waals surface area (Å²) in [4.78, 5) is 14.2. The molecule has 0 aromatic rings. The van der Waals surface area contributed by atoms with E-state index in [1.54, 1.807) is 7.05 Å². The largest absolute Gasteiger partial charge is 0.359 e. The Bertz CT molecular complexity index is 268. The van der Waals surface area contributed by atoms with Crippen LogP contribution >= 0.6 is 0 Å². The Labute approximate surface area is 111 Å². The minimum Gasteiger partial charge on any atom is -0.359 e. The van der Waals surface area contributed by atoms with Crippen molar-refractivity contribution in [1.82, 2.24) is 15.5 Å². The molecule has 4 heteroatoms. The molecule has 0 aliphatic carbocycles. The smallest absolute Gasteiger partial charge is 0.226 e. The molecule has 1 fully saturated rings. The van der Waals surface area contributed by atoms with Gasteiger partial charge in [-0.05, 0) is 53.6 Å². The van der Waals surface area contributed by atoms with Crippen LogP contribution in [0.2, 0.25) is 0 Å². The normalized spacial score (nSPS) is 19.2. The topological polar surface area (TPSA) is 44.4 Å². The summed E-state index contributed by atoms with van der Waals surface area (Å²) in [5, 5.41) is 6.28. The van der Waals surface area contributed by atoms with E-state index in [2.05, 4.69) is 29.4 Å². The van der Waals surface area contributed by atoms with Crippen LogP contribution in [0.5, 0.6) is 0 Å². The van der Waals surface area contributed by atoms with Crippen LogP contribution < -0.4 is 10.6 Å². The Morgan fingerprint density at radius 1 is 1.33 bits per heavy atom. The zero-order valence-electron chi connectivity index (χ0n) is 12.5. The molecule has 1 heterocycles. The van der Waals surface area contributed by atoms with Crippen LogP contribution in [-0.2, 0) is 4.79 Å². The van der Waals surface area contributed by atoms with Crippen LogP contribution in [0.4, 0.5) is 0 Å². The molecule has 0 atom stereocenters.